The van der Waals surface area contributed by atoms with Gasteiger partial charge in [-0.3, -0.25) is 0 Å². The van der Waals surface area contributed by atoms with Crippen molar-refractivity contribution in [2.24, 2.45) is 0 Å². The van der Waals surface area contributed by atoms with Gasteiger partial charge in [0.25, 0.3) is 0 Å². The summed E-state index contributed by atoms with van der Waals surface area (Å²) < 4.78 is 0. The molecule has 0 saturated carbocycles. The zero-order chi connectivity index (χ0) is 13.5. The van der Waals surface area contributed by atoms with Crippen molar-refractivity contribution in [3.63, 3.8) is 0 Å². The van der Waals surface area contributed by atoms with Gasteiger partial charge in [0, 0.05) is 36.7 Å². The Morgan fingerprint density at radius 1 is 1.16 bits per heavy atom. The zero-order valence-corrected chi connectivity index (χ0v) is 12.1. The fourth-order valence-electron chi connectivity index (χ4n) is 1.62. The van der Waals surface area contributed by atoms with Crippen molar-refractivity contribution >= 4 is 23.0 Å². The van der Waals surface area contributed by atoms with Crippen LogP contribution in [0.2, 0.25) is 0 Å². The maximum Gasteiger partial charge on any atom is 0.131 e. The second kappa shape index (κ2) is 7.04. The average molecular weight is 277 g/mol. The Bertz CT molecular complexity index is 511. The molecule has 0 fully saturated rings. The molecule has 0 unspecified atom stereocenters. The quantitative estimate of drug-likeness (QED) is 0.814. The highest BCUT2D eigenvalue weighted by atomic mass is 32.1. The number of aryl methyl sites for hydroxylation is 1. The Morgan fingerprint density at radius 3 is 2.53 bits per heavy atom. The maximum atomic E-state index is 4.43. The highest BCUT2D eigenvalue weighted by molar-refractivity contribution is 7.09. The van der Waals surface area contributed by atoms with Crippen LogP contribution in [0.1, 0.15) is 24.0 Å². The van der Waals surface area contributed by atoms with E-state index in [0.717, 1.165) is 48.3 Å². The lowest BCUT2D eigenvalue weighted by Gasteiger charge is -2.07. The summed E-state index contributed by atoms with van der Waals surface area (Å²) in [7, 11) is 0. The molecule has 0 aromatic carbocycles. The molecule has 2 aromatic rings. The number of aromatic nitrogens is 3. The topological polar surface area (TPSA) is 62.7 Å². The number of rotatable bonds is 7. The Hall–Kier alpha value is -1.69. The van der Waals surface area contributed by atoms with Crippen LogP contribution in [0.15, 0.2) is 17.8 Å². The van der Waals surface area contributed by atoms with Crippen molar-refractivity contribution in [2.75, 3.05) is 23.7 Å². The Labute approximate surface area is 117 Å². The second-order valence-electron chi connectivity index (χ2n) is 4.27. The van der Waals surface area contributed by atoms with Crippen LogP contribution in [0, 0.1) is 6.92 Å². The molecule has 0 aliphatic rings. The molecule has 5 nitrogen and oxygen atoms in total. The van der Waals surface area contributed by atoms with E-state index in [0.29, 0.717) is 0 Å². The summed E-state index contributed by atoms with van der Waals surface area (Å²) in [6, 6.07) is 1.93. The fraction of sp³-hybridized carbons (Fsp3) is 0.462. The summed E-state index contributed by atoms with van der Waals surface area (Å²) in [5.74, 6) is 1.71. The number of thiazole rings is 1. The Morgan fingerprint density at radius 2 is 1.89 bits per heavy atom. The fourth-order valence-corrected chi connectivity index (χ4v) is 2.39. The minimum absolute atomic E-state index is 0.831. The van der Waals surface area contributed by atoms with Crippen LogP contribution in [0.5, 0.6) is 0 Å². The normalized spacial score (nSPS) is 10.4. The minimum atomic E-state index is 0.831. The van der Waals surface area contributed by atoms with E-state index in [1.165, 1.54) is 0 Å². The van der Waals surface area contributed by atoms with Crippen molar-refractivity contribution in [1.29, 1.82) is 0 Å². The lowest BCUT2D eigenvalue weighted by Crippen LogP contribution is -2.08. The highest BCUT2D eigenvalue weighted by Crippen LogP contribution is 2.11. The van der Waals surface area contributed by atoms with Gasteiger partial charge in [-0.1, -0.05) is 6.92 Å². The maximum absolute atomic E-state index is 4.43. The van der Waals surface area contributed by atoms with E-state index in [4.69, 9.17) is 0 Å². The summed E-state index contributed by atoms with van der Waals surface area (Å²) >= 11 is 1.70. The van der Waals surface area contributed by atoms with Gasteiger partial charge < -0.3 is 10.6 Å². The van der Waals surface area contributed by atoms with Crippen LogP contribution in [0.25, 0.3) is 0 Å². The monoisotopic (exact) mass is 277 g/mol. The molecular formula is C13H19N5S. The molecule has 0 spiro atoms. The van der Waals surface area contributed by atoms with Crippen molar-refractivity contribution in [3.05, 3.63) is 28.5 Å². The van der Waals surface area contributed by atoms with E-state index in [1.54, 1.807) is 17.7 Å². The van der Waals surface area contributed by atoms with E-state index >= 15 is 0 Å². The molecule has 0 amide bonds. The number of nitrogens with zero attached hydrogens (tertiary/aromatic N) is 3. The first kappa shape index (κ1) is 13.7. The van der Waals surface area contributed by atoms with Crippen molar-refractivity contribution in [2.45, 2.75) is 26.7 Å². The molecule has 0 aliphatic heterocycles. The largest absolute Gasteiger partial charge is 0.370 e. The second-order valence-corrected chi connectivity index (χ2v) is 5.22. The Kier molecular flexibility index (Phi) is 5.09. The van der Waals surface area contributed by atoms with E-state index in [1.807, 2.05) is 13.0 Å². The zero-order valence-electron chi connectivity index (χ0n) is 11.3. The number of hydrogen-bond donors (Lipinski definition) is 2. The highest BCUT2D eigenvalue weighted by Gasteiger charge is 2.00. The van der Waals surface area contributed by atoms with Crippen LogP contribution in [0.3, 0.4) is 0 Å². The SMILES string of the molecule is CCCNc1cc(NCCc2nc(C)cs2)ncn1. The van der Waals surface area contributed by atoms with Gasteiger partial charge in [0.1, 0.15) is 18.0 Å². The van der Waals surface area contributed by atoms with Crippen molar-refractivity contribution in [3.8, 4) is 0 Å². The van der Waals surface area contributed by atoms with Crippen LogP contribution in [0.4, 0.5) is 11.6 Å². The summed E-state index contributed by atoms with van der Waals surface area (Å²) in [6.07, 6.45) is 3.57. The van der Waals surface area contributed by atoms with Crippen molar-refractivity contribution in [1.82, 2.24) is 15.0 Å². The molecule has 2 aromatic heterocycles. The van der Waals surface area contributed by atoms with Crippen LogP contribution in [-0.2, 0) is 6.42 Å². The number of nitrogens with one attached hydrogen (secondary N) is 2. The molecule has 2 rings (SSSR count). The lowest BCUT2D eigenvalue weighted by atomic mass is 10.4. The molecule has 0 radical (unpaired) electrons. The third-order valence-corrected chi connectivity index (χ3v) is 3.56. The number of anilines is 2. The van der Waals surface area contributed by atoms with Gasteiger partial charge in [0.15, 0.2) is 0 Å². The summed E-state index contributed by atoms with van der Waals surface area (Å²) in [5.41, 5.74) is 1.09. The van der Waals surface area contributed by atoms with Gasteiger partial charge >= 0.3 is 0 Å². The van der Waals surface area contributed by atoms with E-state index in [2.05, 4.69) is 37.9 Å². The molecule has 0 bridgehead atoms. The van der Waals surface area contributed by atoms with Gasteiger partial charge in [-0.2, -0.15) is 0 Å². The van der Waals surface area contributed by atoms with E-state index < -0.39 is 0 Å². The molecular weight excluding hydrogens is 258 g/mol. The predicted molar refractivity (Wildman–Crippen MR) is 79.9 cm³/mol. The lowest BCUT2D eigenvalue weighted by molar-refractivity contribution is 0.956. The van der Waals surface area contributed by atoms with Gasteiger partial charge in [-0.15, -0.1) is 11.3 Å². The first-order chi connectivity index (χ1) is 9.28. The van der Waals surface area contributed by atoms with Gasteiger partial charge in [-0.25, -0.2) is 15.0 Å². The smallest absolute Gasteiger partial charge is 0.131 e. The molecule has 102 valence electrons. The minimum Gasteiger partial charge on any atom is -0.370 e. The van der Waals surface area contributed by atoms with Gasteiger partial charge in [0.2, 0.25) is 0 Å². The Balaban J connectivity index is 1.82. The average Bonchev–Trinajstić information content (AvgIpc) is 2.83. The van der Waals surface area contributed by atoms with E-state index in [-0.39, 0.29) is 0 Å². The predicted octanol–water partition coefficient (Wildman–Crippen LogP) is 2.72. The van der Waals surface area contributed by atoms with Crippen LogP contribution in [-0.4, -0.2) is 28.0 Å². The first-order valence-electron chi connectivity index (χ1n) is 6.48. The molecule has 2 N–H and O–H groups in total. The first-order valence-corrected chi connectivity index (χ1v) is 7.36. The number of hydrogen-bond acceptors (Lipinski definition) is 6. The summed E-state index contributed by atoms with van der Waals surface area (Å²) in [5, 5.41) is 9.77. The third kappa shape index (κ3) is 4.48. The summed E-state index contributed by atoms with van der Waals surface area (Å²) in [6.45, 7) is 5.90. The van der Waals surface area contributed by atoms with Crippen molar-refractivity contribution < 1.29 is 0 Å². The molecule has 0 atom stereocenters. The van der Waals surface area contributed by atoms with Gasteiger partial charge in [0.05, 0.1) is 5.01 Å². The van der Waals surface area contributed by atoms with Crippen LogP contribution >= 0.6 is 11.3 Å². The molecule has 6 heteroatoms. The van der Waals surface area contributed by atoms with Crippen LogP contribution < -0.4 is 10.6 Å². The standard InChI is InChI=1S/C13H19N5S/c1-3-5-14-11-7-12(17-9-16-11)15-6-4-13-18-10(2)8-19-13/h7-9H,3-6H2,1-2H3,(H2,14,15,16,17). The molecule has 19 heavy (non-hydrogen) atoms. The van der Waals surface area contributed by atoms with Gasteiger partial charge in [-0.05, 0) is 13.3 Å². The molecule has 0 saturated heterocycles. The molecule has 2 heterocycles. The van der Waals surface area contributed by atoms with E-state index in [9.17, 15) is 0 Å². The third-order valence-electron chi connectivity index (χ3n) is 2.53. The molecule has 0 aliphatic carbocycles. The summed E-state index contributed by atoms with van der Waals surface area (Å²) in [4.78, 5) is 12.8.